The van der Waals surface area contributed by atoms with Gasteiger partial charge in [-0.15, -0.1) is 0 Å². The summed E-state index contributed by atoms with van der Waals surface area (Å²) in [4.78, 5) is 14.7. The van der Waals surface area contributed by atoms with Crippen molar-refractivity contribution in [2.75, 3.05) is 24.1 Å². The van der Waals surface area contributed by atoms with Crippen molar-refractivity contribution < 1.29 is 4.79 Å². The van der Waals surface area contributed by atoms with Gasteiger partial charge in [0, 0.05) is 24.0 Å². The second kappa shape index (κ2) is 5.27. The summed E-state index contributed by atoms with van der Waals surface area (Å²) in [6.45, 7) is 8.59. The average Bonchev–Trinajstić information content (AvgIpc) is 2.57. The van der Waals surface area contributed by atoms with Crippen molar-refractivity contribution in [1.29, 1.82) is 0 Å². The summed E-state index contributed by atoms with van der Waals surface area (Å²) < 4.78 is 0. The molecule has 2 aliphatic rings. The van der Waals surface area contributed by atoms with Crippen molar-refractivity contribution in [3.8, 4) is 0 Å². The van der Waals surface area contributed by atoms with Crippen molar-refractivity contribution in [2.24, 2.45) is 10.8 Å². The molecule has 22 heavy (non-hydrogen) atoms. The standard InChI is InChI=1S/C18H27N3O/c1-17(2)8-15-9-18(3,11-17)12-21(15)10-16(22)20-14-6-4-5-13(19)7-14/h4-7,15H,8-12,19H2,1-3H3,(H,20,22). The summed E-state index contributed by atoms with van der Waals surface area (Å²) in [5.41, 5.74) is 7.95. The number of hydrogen-bond donors (Lipinski definition) is 2. The Morgan fingerprint density at radius 2 is 2.14 bits per heavy atom. The smallest absolute Gasteiger partial charge is 0.238 e. The van der Waals surface area contributed by atoms with Crippen LogP contribution in [0.25, 0.3) is 0 Å². The first-order valence-electron chi connectivity index (χ1n) is 8.14. The Hall–Kier alpha value is -1.55. The van der Waals surface area contributed by atoms with E-state index in [1.54, 1.807) is 6.07 Å². The van der Waals surface area contributed by atoms with Gasteiger partial charge in [0.1, 0.15) is 0 Å². The van der Waals surface area contributed by atoms with Crippen molar-refractivity contribution in [3.63, 3.8) is 0 Å². The predicted octanol–water partition coefficient (Wildman–Crippen LogP) is 3.11. The van der Waals surface area contributed by atoms with Crippen LogP contribution in [0.3, 0.4) is 0 Å². The van der Waals surface area contributed by atoms with Gasteiger partial charge in [0.25, 0.3) is 0 Å². The van der Waals surface area contributed by atoms with Crippen LogP contribution >= 0.6 is 0 Å². The van der Waals surface area contributed by atoms with Crippen LogP contribution in [0.15, 0.2) is 24.3 Å². The van der Waals surface area contributed by atoms with E-state index in [9.17, 15) is 4.79 Å². The van der Waals surface area contributed by atoms with Crippen LogP contribution in [-0.2, 0) is 4.79 Å². The minimum absolute atomic E-state index is 0.0551. The highest BCUT2D eigenvalue weighted by molar-refractivity contribution is 5.92. The van der Waals surface area contributed by atoms with E-state index in [1.807, 2.05) is 18.2 Å². The van der Waals surface area contributed by atoms with Gasteiger partial charge in [-0.05, 0) is 48.3 Å². The lowest BCUT2D eigenvalue weighted by Gasteiger charge is -2.39. The molecule has 1 aliphatic carbocycles. The normalized spacial score (nSPS) is 30.2. The van der Waals surface area contributed by atoms with Crippen LogP contribution in [0.2, 0.25) is 0 Å². The molecule has 1 aromatic rings. The van der Waals surface area contributed by atoms with Gasteiger partial charge in [0.15, 0.2) is 0 Å². The molecule has 0 aromatic heterocycles. The van der Waals surface area contributed by atoms with Crippen molar-refractivity contribution in [1.82, 2.24) is 4.90 Å². The largest absolute Gasteiger partial charge is 0.399 e. The first-order valence-corrected chi connectivity index (χ1v) is 8.14. The minimum Gasteiger partial charge on any atom is -0.399 e. The molecular weight excluding hydrogens is 274 g/mol. The van der Waals surface area contributed by atoms with Crippen LogP contribution in [0.5, 0.6) is 0 Å². The van der Waals surface area contributed by atoms with Crippen LogP contribution in [0.4, 0.5) is 11.4 Å². The number of fused-ring (bicyclic) bond motifs is 2. The number of nitrogens with one attached hydrogen (secondary N) is 1. The maximum absolute atomic E-state index is 12.3. The summed E-state index contributed by atoms with van der Waals surface area (Å²) in [6.07, 6.45) is 3.67. The third kappa shape index (κ3) is 3.27. The van der Waals surface area contributed by atoms with Gasteiger partial charge >= 0.3 is 0 Å². The molecule has 1 saturated carbocycles. The van der Waals surface area contributed by atoms with Crippen LogP contribution < -0.4 is 11.1 Å². The van der Waals surface area contributed by atoms with Gasteiger partial charge in [-0.1, -0.05) is 26.8 Å². The van der Waals surface area contributed by atoms with Crippen molar-refractivity contribution >= 4 is 17.3 Å². The highest BCUT2D eigenvalue weighted by Gasteiger charge is 2.49. The topological polar surface area (TPSA) is 58.4 Å². The van der Waals surface area contributed by atoms with Gasteiger partial charge in [-0.3, -0.25) is 9.69 Å². The highest BCUT2D eigenvalue weighted by Crippen LogP contribution is 2.52. The van der Waals surface area contributed by atoms with Gasteiger partial charge < -0.3 is 11.1 Å². The van der Waals surface area contributed by atoms with E-state index < -0.39 is 0 Å². The highest BCUT2D eigenvalue weighted by atomic mass is 16.2. The van der Waals surface area contributed by atoms with Gasteiger partial charge in [0.05, 0.1) is 6.54 Å². The molecule has 2 unspecified atom stereocenters. The molecule has 1 aliphatic heterocycles. The Balaban J connectivity index is 1.63. The minimum atomic E-state index is 0.0551. The van der Waals surface area contributed by atoms with E-state index in [0.29, 0.717) is 29.1 Å². The number of likely N-dealkylation sites (tertiary alicyclic amines) is 1. The number of hydrogen-bond acceptors (Lipinski definition) is 3. The number of nitrogens with zero attached hydrogens (tertiary/aromatic N) is 1. The molecule has 0 radical (unpaired) electrons. The molecule has 1 saturated heterocycles. The lowest BCUT2D eigenvalue weighted by atomic mass is 9.65. The number of carbonyl (C=O) groups is 1. The van der Waals surface area contributed by atoms with E-state index in [1.165, 1.54) is 19.3 Å². The quantitative estimate of drug-likeness (QED) is 0.843. The predicted molar refractivity (Wildman–Crippen MR) is 90.6 cm³/mol. The zero-order chi connectivity index (χ0) is 16.0. The third-order valence-corrected chi connectivity index (χ3v) is 5.04. The summed E-state index contributed by atoms with van der Waals surface area (Å²) in [7, 11) is 0. The van der Waals surface area contributed by atoms with E-state index in [2.05, 4.69) is 31.0 Å². The molecule has 4 heteroatoms. The Labute approximate surface area is 133 Å². The number of nitrogens with two attached hydrogens (primary N) is 1. The number of benzene rings is 1. The summed E-state index contributed by atoms with van der Waals surface area (Å²) >= 11 is 0. The molecule has 3 rings (SSSR count). The molecule has 4 nitrogen and oxygen atoms in total. The Morgan fingerprint density at radius 1 is 1.36 bits per heavy atom. The fourth-order valence-electron chi connectivity index (χ4n) is 4.76. The molecule has 2 bridgehead atoms. The van der Waals surface area contributed by atoms with Crippen molar-refractivity contribution in [2.45, 2.75) is 46.1 Å². The van der Waals surface area contributed by atoms with E-state index >= 15 is 0 Å². The number of nitrogen functional groups attached to an aromatic ring is 1. The van der Waals surface area contributed by atoms with E-state index in [4.69, 9.17) is 5.73 Å². The Kier molecular flexibility index (Phi) is 3.68. The van der Waals surface area contributed by atoms with Gasteiger partial charge in [0.2, 0.25) is 5.91 Å². The fraction of sp³-hybridized carbons (Fsp3) is 0.611. The molecule has 3 N–H and O–H groups in total. The first kappa shape index (κ1) is 15.3. The molecule has 1 heterocycles. The lowest BCUT2D eigenvalue weighted by molar-refractivity contribution is -0.117. The number of rotatable bonds is 3. The molecule has 1 aromatic carbocycles. The van der Waals surface area contributed by atoms with Crippen LogP contribution in [0, 0.1) is 10.8 Å². The monoisotopic (exact) mass is 301 g/mol. The zero-order valence-corrected chi connectivity index (χ0v) is 13.9. The molecule has 2 fully saturated rings. The Morgan fingerprint density at radius 3 is 2.86 bits per heavy atom. The summed E-state index contributed by atoms with van der Waals surface area (Å²) in [6, 6.07) is 7.89. The van der Waals surface area contributed by atoms with E-state index in [0.717, 1.165) is 12.2 Å². The summed E-state index contributed by atoms with van der Waals surface area (Å²) in [5, 5.41) is 2.96. The second-order valence-electron chi connectivity index (χ2n) is 8.29. The molecule has 0 spiro atoms. The number of amides is 1. The summed E-state index contributed by atoms with van der Waals surface area (Å²) in [5.74, 6) is 0.0551. The lowest BCUT2D eigenvalue weighted by Crippen LogP contribution is -2.38. The number of carbonyl (C=O) groups excluding carboxylic acids is 1. The van der Waals surface area contributed by atoms with Gasteiger partial charge in [-0.25, -0.2) is 0 Å². The molecule has 1 amide bonds. The average molecular weight is 301 g/mol. The third-order valence-electron chi connectivity index (χ3n) is 5.04. The van der Waals surface area contributed by atoms with E-state index in [-0.39, 0.29) is 5.91 Å². The SMILES string of the molecule is CC1(C)CC2CC(C)(CN2CC(=O)Nc2cccc(N)c2)C1. The van der Waals surface area contributed by atoms with Crippen molar-refractivity contribution in [3.05, 3.63) is 24.3 Å². The maximum atomic E-state index is 12.3. The molecule has 120 valence electrons. The molecular formula is C18H27N3O. The fourth-order valence-corrected chi connectivity index (χ4v) is 4.76. The maximum Gasteiger partial charge on any atom is 0.238 e. The van der Waals surface area contributed by atoms with Gasteiger partial charge in [-0.2, -0.15) is 0 Å². The second-order valence-corrected chi connectivity index (χ2v) is 8.29. The number of anilines is 2. The zero-order valence-electron chi connectivity index (χ0n) is 13.9. The molecule has 2 atom stereocenters. The first-order chi connectivity index (χ1) is 10.2. The Bertz CT molecular complexity index is 583. The van der Waals surface area contributed by atoms with Crippen LogP contribution in [-0.4, -0.2) is 29.9 Å². The van der Waals surface area contributed by atoms with Crippen LogP contribution in [0.1, 0.15) is 40.0 Å².